The molecule has 0 radical (unpaired) electrons. The highest BCUT2D eigenvalue weighted by molar-refractivity contribution is 5.84. The summed E-state index contributed by atoms with van der Waals surface area (Å²) in [5.74, 6) is 1.74. The molecule has 28 heavy (non-hydrogen) atoms. The average Bonchev–Trinajstić information content (AvgIpc) is 2.96. The van der Waals surface area contributed by atoms with Crippen molar-refractivity contribution < 1.29 is 4.74 Å². The van der Waals surface area contributed by atoms with Crippen molar-refractivity contribution in [1.82, 2.24) is 19.1 Å². The lowest BCUT2D eigenvalue weighted by Crippen LogP contribution is -2.30. The number of rotatable bonds is 4. The van der Waals surface area contributed by atoms with Crippen molar-refractivity contribution in [3.8, 4) is 17.2 Å². The number of nitrogen functional groups attached to an aromatic ring is 1. The molecule has 0 unspecified atom stereocenters. The molecular formula is C21H19N5O2. The van der Waals surface area contributed by atoms with Gasteiger partial charge in [-0.1, -0.05) is 18.2 Å². The molecule has 7 heteroatoms. The third-order valence-corrected chi connectivity index (χ3v) is 5.19. The molecule has 0 bridgehead atoms. The Morgan fingerprint density at radius 2 is 1.68 bits per heavy atom. The molecule has 1 aliphatic carbocycles. The van der Waals surface area contributed by atoms with Gasteiger partial charge < -0.3 is 10.5 Å². The smallest absolute Gasteiger partial charge is 0.335 e. The van der Waals surface area contributed by atoms with E-state index in [1.807, 2.05) is 54.6 Å². The van der Waals surface area contributed by atoms with E-state index in [1.165, 1.54) is 6.33 Å². The monoisotopic (exact) mass is 373 g/mol. The summed E-state index contributed by atoms with van der Waals surface area (Å²) in [6, 6.07) is 17.1. The van der Waals surface area contributed by atoms with Crippen LogP contribution in [0.15, 0.2) is 65.7 Å². The SMILES string of the molecule is Nc1ncnc2c1n(-c1ccc(Oc3ccccc3)cc1)c(=O)n2C1CCC1. The molecule has 0 amide bonds. The number of hydrogen-bond acceptors (Lipinski definition) is 5. The van der Waals surface area contributed by atoms with Crippen LogP contribution < -0.4 is 16.2 Å². The first-order valence-electron chi connectivity index (χ1n) is 9.29. The standard InChI is InChI=1S/C21H19N5O2/c22-19-18-20(24-13-23-19)26(14-5-4-6-14)21(27)25(18)15-9-11-17(12-10-15)28-16-7-2-1-3-8-16/h1-3,7-14H,4-6H2,(H2,22,23,24). The summed E-state index contributed by atoms with van der Waals surface area (Å²) in [5, 5.41) is 0. The number of aromatic nitrogens is 4. The van der Waals surface area contributed by atoms with E-state index in [-0.39, 0.29) is 11.7 Å². The Kier molecular flexibility index (Phi) is 3.86. The number of benzene rings is 2. The van der Waals surface area contributed by atoms with Gasteiger partial charge in [0.15, 0.2) is 11.5 Å². The predicted molar refractivity (Wildman–Crippen MR) is 107 cm³/mol. The van der Waals surface area contributed by atoms with E-state index in [1.54, 1.807) is 9.13 Å². The molecule has 2 aromatic heterocycles. The lowest BCUT2D eigenvalue weighted by atomic mass is 9.93. The highest BCUT2D eigenvalue weighted by Gasteiger charge is 2.27. The molecule has 0 aliphatic heterocycles. The predicted octanol–water partition coefficient (Wildman–Crippen LogP) is 3.68. The minimum Gasteiger partial charge on any atom is -0.457 e. The Balaban J connectivity index is 1.59. The first kappa shape index (κ1) is 16.6. The maximum atomic E-state index is 13.2. The molecule has 0 saturated heterocycles. The van der Waals surface area contributed by atoms with Gasteiger partial charge in [0, 0.05) is 6.04 Å². The number of nitrogens with zero attached hydrogens (tertiary/aromatic N) is 4. The lowest BCUT2D eigenvalue weighted by molar-refractivity contribution is 0.311. The fourth-order valence-electron chi connectivity index (χ4n) is 3.57. The first-order valence-corrected chi connectivity index (χ1v) is 9.29. The van der Waals surface area contributed by atoms with Crippen LogP contribution in [0.3, 0.4) is 0 Å². The van der Waals surface area contributed by atoms with Gasteiger partial charge >= 0.3 is 5.69 Å². The quantitative estimate of drug-likeness (QED) is 0.589. The van der Waals surface area contributed by atoms with Crippen LogP contribution in [0.2, 0.25) is 0 Å². The Labute approximate surface area is 161 Å². The fourth-order valence-corrected chi connectivity index (χ4v) is 3.57. The van der Waals surface area contributed by atoms with Crippen molar-refractivity contribution in [3.63, 3.8) is 0 Å². The van der Waals surface area contributed by atoms with Crippen LogP contribution in [0, 0.1) is 0 Å². The molecule has 7 nitrogen and oxygen atoms in total. The molecule has 4 aromatic rings. The van der Waals surface area contributed by atoms with E-state index >= 15 is 0 Å². The van der Waals surface area contributed by atoms with E-state index in [4.69, 9.17) is 10.5 Å². The number of hydrogen-bond donors (Lipinski definition) is 1. The molecule has 0 spiro atoms. The van der Waals surface area contributed by atoms with Gasteiger partial charge in [0.1, 0.15) is 23.3 Å². The van der Waals surface area contributed by atoms with Crippen molar-refractivity contribution in [2.45, 2.75) is 25.3 Å². The van der Waals surface area contributed by atoms with Crippen LogP contribution in [0.5, 0.6) is 11.5 Å². The number of anilines is 1. The van der Waals surface area contributed by atoms with Crippen LogP contribution in [0.1, 0.15) is 25.3 Å². The Bertz CT molecular complexity index is 1190. The topological polar surface area (TPSA) is 88.0 Å². The number of ether oxygens (including phenoxy) is 1. The van der Waals surface area contributed by atoms with Gasteiger partial charge in [-0.15, -0.1) is 0 Å². The van der Waals surface area contributed by atoms with Crippen molar-refractivity contribution >= 4 is 17.0 Å². The van der Waals surface area contributed by atoms with Crippen LogP contribution in [-0.4, -0.2) is 19.1 Å². The summed E-state index contributed by atoms with van der Waals surface area (Å²) < 4.78 is 9.19. The van der Waals surface area contributed by atoms with Crippen LogP contribution >= 0.6 is 0 Å². The average molecular weight is 373 g/mol. The van der Waals surface area contributed by atoms with E-state index in [0.29, 0.717) is 28.4 Å². The van der Waals surface area contributed by atoms with E-state index in [0.717, 1.165) is 25.0 Å². The van der Waals surface area contributed by atoms with E-state index < -0.39 is 0 Å². The highest BCUT2D eigenvalue weighted by Crippen LogP contribution is 2.34. The van der Waals surface area contributed by atoms with Crippen LogP contribution in [0.4, 0.5) is 5.82 Å². The summed E-state index contributed by atoms with van der Waals surface area (Å²) in [7, 11) is 0. The highest BCUT2D eigenvalue weighted by atomic mass is 16.5. The normalized spacial score (nSPS) is 14.1. The number of fused-ring (bicyclic) bond motifs is 1. The molecule has 2 N–H and O–H groups in total. The second kappa shape index (κ2) is 6.53. The van der Waals surface area contributed by atoms with Gasteiger partial charge in [-0.3, -0.25) is 9.13 Å². The van der Waals surface area contributed by atoms with Gasteiger partial charge in [0.2, 0.25) is 0 Å². The molecular weight excluding hydrogens is 354 g/mol. The second-order valence-electron chi connectivity index (χ2n) is 6.91. The number of para-hydroxylation sites is 1. The molecule has 5 rings (SSSR count). The largest absolute Gasteiger partial charge is 0.457 e. The van der Waals surface area contributed by atoms with Gasteiger partial charge in [-0.25, -0.2) is 14.8 Å². The second-order valence-corrected chi connectivity index (χ2v) is 6.91. The number of nitrogens with two attached hydrogens (primary N) is 1. The van der Waals surface area contributed by atoms with Gasteiger partial charge in [0.25, 0.3) is 0 Å². The zero-order chi connectivity index (χ0) is 19.1. The summed E-state index contributed by atoms with van der Waals surface area (Å²) in [4.78, 5) is 21.7. The molecule has 140 valence electrons. The van der Waals surface area contributed by atoms with Crippen molar-refractivity contribution in [2.75, 3.05) is 5.73 Å². The third-order valence-electron chi connectivity index (χ3n) is 5.19. The summed E-state index contributed by atoms with van der Waals surface area (Å²) >= 11 is 0. The Hall–Kier alpha value is -3.61. The third kappa shape index (κ3) is 2.63. The van der Waals surface area contributed by atoms with Crippen molar-refractivity contribution in [3.05, 3.63) is 71.4 Å². The van der Waals surface area contributed by atoms with Gasteiger partial charge in [-0.2, -0.15) is 0 Å². The maximum Gasteiger partial charge on any atom is 0.335 e. The van der Waals surface area contributed by atoms with Crippen LogP contribution in [-0.2, 0) is 0 Å². The zero-order valence-electron chi connectivity index (χ0n) is 15.2. The molecule has 0 atom stereocenters. The molecule has 2 heterocycles. The first-order chi connectivity index (χ1) is 13.7. The summed E-state index contributed by atoms with van der Waals surface area (Å²) in [6.07, 6.45) is 4.49. The molecule has 1 saturated carbocycles. The van der Waals surface area contributed by atoms with Crippen molar-refractivity contribution in [2.24, 2.45) is 0 Å². The molecule has 1 aliphatic rings. The van der Waals surface area contributed by atoms with E-state index in [2.05, 4.69) is 9.97 Å². The van der Waals surface area contributed by atoms with Gasteiger partial charge in [0.05, 0.1) is 5.69 Å². The van der Waals surface area contributed by atoms with Crippen molar-refractivity contribution in [1.29, 1.82) is 0 Å². The minimum atomic E-state index is -0.136. The molecule has 2 aromatic carbocycles. The fraction of sp³-hybridized carbons (Fsp3) is 0.190. The van der Waals surface area contributed by atoms with Crippen LogP contribution in [0.25, 0.3) is 16.9 Å². The maximum absolute atomic E-state index is 13.2. The zero-order valence-corrected chi connectivity index (χ0v) is 15.2. The number of imidazole rings is 1. The molecule has 1 fully saturated rings. The van der Waals surface area contributed by atoms with E-state index in [9.17, 15) is 4.79 Å². The Morgan fingerprint density at radius 1 is 0.964 bits per heavy atom. The lowest BCUT2D eigenvalue weighted by Gasteiger charge is -2.26. The Morgan fingerprint density at radius 3 is 2.36 bits per heavy atom. The summed E-state index contributed by atoms with van der Waals surface area (Å²) in [5.41, 5.74) is 7.83. The minimum absolute atomic E-state index is 0.136. The summed E-state index contributed by atoms with van der Waals surface area (Å²) in [6.45, 7) is 0. The van der Waals surface area contributed by atoms with Gasteiger partial charge in [-0.05, 0) is 55.7 Å².